The van der Waals surface area contributed by atoms with Gasteiger partial charge in [0.05, 0.1) is 52.9 Å². The van der Waals surface area contributed by atoms with Gasteiger partial charge in [-0.3, -0.25) is 0 Å². The van der Waals surface area contributed by atoms with E-state index in [1.54, 1.807) is 7.11 Å². The van der Waals surface area contributed by atoms with Gasteiger partial charge in [-0.1, -0.05) is 224 Å². The fourth-order valence-corrected chi connectivity index (χ4v) is 10.2. The maximum absolute atomic E-state index is 12.9. The second kappa shape index (κ2) is 28.9. The monoisotopic (exact) mass is 1080 g/mol. The SMILES string of the molecule is CO[C@H]1O[C@H](C#C[C@]2(C[C@H]3COC(=O)O3)O[C@H](COCc3ccccc3)[C@@H](OCc3ccccc3)[C@H](OCc3ccccc3)[C@H]2OCc2ccccc2)[C@@H](OCc2ccccc2)[C@H](OCc2ccccc2)[C@H]1OCc1ccccc1. The number of hydrogen-bond acceptors (Lipinski definition) is 13. The van der Waals surface area contributed by atoms with E-state index in [1.807, 2.05) is 212 Å². The van der Waals surface area contributed by atoms with Gasteiger partial charge in [0.15, 0.2) is 11.9 Å². The summed E-state index contributed by atoms with van der Waals surface area (Å²) in [4.78, 5) is 12.9. The van der Waals surface area contributed by atoms with Crippen LogP contribution in [0.5, 0.6) is 0 Å². The first kappa shape index (κ1) is 56.3. The zero-order valence-electron chi connectivity index (χ0n) is 44.9. The lowest BCUT2D eigenvalue weighted by molar-refractivity contribution is -0.308. The van der Waals surface area contributed by atoms with E-state index < -0.39 is 73.0 Å². The van der Waals surface area contributed by atoms with Crippen LogP contribution in [0.3, 0.4) is 0 Å². The zero-order valence-corrected chi connectivity index (χ0v) is 44.9. The van der Waals surface area contributed by atoms with Crippen molar-refractivity contribution in [3.8, 4) is 11.8 Å². The molecule has 0 unspecified atom stereocenters. The minimum absolute atomic E-state index is 0.0102. The predicted octanol–water partition coefficient (Wildman–Crippen LogP) is 11.2. The zero-order chi connectivity index (χ0) is 54.6. The Kier molecular flexibility index (Phi) is 20.3. The minimum atomic E-state index is -1.65. The number of cyclic esters (lactones) is 2. The lowest BCUT2D eigenvalue weighted by Crippen LogP contribution is -2.67. The van der Waals surface area contributed by atoms with Crippen LogP contribution >= 0.6 is 0 Å². The Balaban J connectivity index is 1.10. The number of carbonyl (C=O) groups is 1. The highest BCUT2D eigenvalue weighted by Crippen LogP contribution is 2.41. The van der Waals surface area contributed by atoms with Crippen molar-refractivity contribution >= 4 is 6.16 Å². The molecule has 0 bridgehead atoms. The Morgan fingerprint density at radius 3 is 1.27 bits per heavy atom. The topological polar surface area (TPSA) is 128 Å². The van der Waals surface area contributed by atoms with Crippen molar-refractivity contribution in [2.24, 2.45) is 0 Å². The lowest BCUT2D eigenvalue weighted by atomic mass is 9.80. The lowest BCUT2D eigenvalue weighted by Gasteiger charge is -2.51. The second-order valence-electron chi connectivity index (χ2n) is 20.0. The quantitative estimate of drug-likeness (QED) is 0.0398. The van der Waals surface area contributed by atoms with Crippen LogP contribution in [0.2, 0.25) is 0 Å². The molecule has 414 valence electrons. The summed E-state index contributed by atoms with van der Waals surface area (Å²) in [6.07, 6.45) is -9.65. The van der Waals surface area contributed by atoms with Crippen LogP contribution in [-0.4, -0.2) is 93.3 Å². The molecule has 0 aromatic heterocycles. The molecule has 0 saturated carbocycles. The summed E-state index contributed by atoms with van der Waals surface area (Å²) in [5, 5.41) is 0. The molecule has 0 amide bonds. The first-order valence-electron chi connectivity index (χ1n) is 27.3. The van der Waals surface area contributed by atoms with Gasteiger partial charge < -0.3 is 56.8 Å². The first-order valence-corrected chi connectivity index (χ1v) is 27.3. The van der Waals surface area contributed by atoms with Crippen molar-refractivity contribution < 1.29 is 61.6 Å². The van der Waals surface area contributed by atoms with Gasteiger partial charge in [-0.25, -0.2) is 4.79 Å². The number of ether oxygens (including phenoxy) is 12. The summed E-state index contributed by atoms with van der Waals surface area (Å²) in [6.45, 7) is 1.49. The van der Waals surface area contributed by atoms with Gasteiger partial charge in [0.1, 0.15) is 61.5 Å². The Bertz CT molecular complexity index is 2970. The average Bonchev–Trinajstić information content (AvgIpc) is 3.93. The molecule has 80 heavy (non-hydrogen) atoms. The standard InChI is InChI=1S/C67H68O13/c1-69-65-63(75-45-54-33-19-7-20-34-54)61(73-43-52-29-15-5-16-30-52)59(71-41-50-25-11-3-12-26-50)57(79-65)37-38-67(39-56-47-77-66(68)78-56)64(76-46-55-35-21-8-22-36-55)62(74-44-53-31-17-6-18-32-53)60(72-42-51-27-13-4-14-28-51)58(80-67)48-70-40-49-23-9-2-10-24-49/h2-36,56-65H,39-48H2,1H3/t56-,57+,58+,59+,60+,61-,62-,63+,64+,65-,67+/m0/s1. The van der Waals surface area contributed by atoms with E-state index in [0.29, 0.717) is 0 Å². The summed E-state index contributed by atoms with van der Waals surface area (Å²) >= 11 is 0. The van der Waals surface area contributed by atoms with E-state index in [2.05, 4.69) is 11.8 Å². The largest absolute Gasteiger partial charge is 0.508 e. The van der Waals surface area contributed by atoms with Gasteiger partial charge in [-0.05, 0) is 38.9 Å². The van der Waals surface area contributed by atoms with Crippen molar-refractivity contribution in [3.63, 3.8) is 0 Å². The van der Waals surface area contributed by atoms with Crippen molar-refractivity contribution in [1.29, 1.82) is 0 Å². The molecule has 0 aliphatic carbocycles. The molecule has 11 atom stereocenters. The van der Waals surface area contributed by atoms with Crippen LogP contribution in [0.1, 0.15) is 45.4 Å². The molecule has 7 aromatic carbocycles. The van der Waals surface area contributed by atoms with Crippen molar-refractivity contribution in [2.75, 3.05) is 20.3 Å². The molecule has 3 aliphatic heterocycles. The molecule has 3 saturated heterocycles. The Hall–Kier alpha value is -7.03. The number of methoxy groups -OCH3 is 1. The third-order valence-corrected chi connectivity index (χ3v) is 14.2. The fraction of sp³-hybridized carbons (Fsp3) is 0.328. The van der Waals surface area contributed by atoms with E-state index in [4.69, 9.17) is 56.8 Å². The van der Waals surface area contributed by atoms with E-state index in [9.17, 15) is 4.79 Å². The highest BCUT2D eigenvalue weighted by atomic mass is 16.8. The molecule has 7 aromatic rings. The third-order valence-electron chi connectivity index (χ3n) is 14.2. The summed E-state index contributed by atoms with van der Waals surface area (Å²) in [5.41, 5.74) is 4.94. The summed E-state index contributed by atoms with van der Waals surface area (Å²) in [6, 6.07) is 69.4. The average molecular weight is 1080 g/mol. The van der Waals surface area contributed by atoms with Crippen LogP contribution in [0, 0.1) is 11.8 Å². The van der Waals surface area contributed by atoms with Crippen molar-refractivity contribution in [3.05, 3.63) is 251 Å². The summed E-state index contributed by atoms with van der Waals surface area (Å²) < 4.78 is 81.0. The van der Waals surface area contributed by atoms with Crippen LogP contribution in [0.15, 0.2) is 212 Å². The molecule has 13 nitrogen and oxygen atoms in total. The Labute approximate surface area is 468 Å². The summed E-state index contributed by atoms with van der Waals surface area (Å²) in [7, 11) is 1.57. The van der Waals surface area contributed by atoms with Gasteiger partial charge in [0, 0.05) is 13.5 Å². The summed E-state index contributed by atoms with van der Waals surface area (Å²) in [5.74, 6) is 7.19. The molecule has 0 radical (unpaired) electrons. The highest BCUT2D eigenvalue weighted by Gasteiger charge is 2.58. The van der Waals surface area contributed by atoms with Crippen LogP contribution in [0.4, 0.5) is 4.79 Å². The molecule has 0 spiro atoms. The normalized spacial score (nSPS) is 25.4. The Morgan fingerprint density at radius 2 is 0.850 bits per heavy atom. The maximum atomic E-state index is 12.9. The molecular formula is C67H68O13. The molecule has 3 aliphatic rings. The molecular weight excluding hydrogens is 1010 g/mol. The highest BCUT2D eigenvalue weighted by molar-refractivity contribution is 5.62. The van der Waals surface area contributed by atoms with E-state index in [-0.39, 0.29) is 65.9 Å². The first-order chi connectivity index (χ1) is 39.5. The van der Waals surface area contributed by atoms with Crippen molar-refractivity contribution in [1.82, 2.24) is 0 Å². The third kappa shape index (κ3) is 15.4. The molecule has 13 heteroatoms. The van der Waals surface area contributed by atoms with Gasteiger partial charge in [0.2, 0.25) is 0 Å². The fourth-order valence-electron chi connectivity index (χ4n) is 10.2. The van der Waals surface area contributed by atoms with Gasteiger partial charge in [0.25, 0.3) is 0 Å². The van der Waals surface area contributed by atoms with Crippen LogP contribution < -0.4 is 0 Å². The molecule has 10 rings (SSSR count). The Morgan fingerprint density at radius 1 is 0.463 bits per heavy atom. The van der Waals surface area contributed by atoms with Crippen molar-refractivity contribution in [2.45, 2.75) is 119 Å². The second-order valence-corrected chi connectivity index (χ2v) is 20.0. The number of hydrogen-bond donors (Lipinski definition) is 0. The minimum Gasteiger partial charge on any atom is -0.430 e. The van der Waals surface area contributed by atoms with E-state index >= 15 is 0 Å². The van der Waals surface area contributed by atoms with E-state index in [0.717, 1.165) is 38.9 Å². The van der Waals surface area contributed by atoms with Crippen LogP contribution in [-0.2, 0) is 103 Å². The van der Waals surface area contributed by atoms with Gasteiger partial charge in [-0.2, -0.15) is 0 Å². The number of benzene rings is 7. The van der Waals surface area contributed by atoms with Gasteiger partial charge in [-0.15, -0.1) is 0 Å². The molecule has 3 heterocycles. The van der Waals surface area contributed by atoms with Gasteiger partial charge >= 0.3 is 6.16 Å². The van der Waals surface area contributed by atoms with Crippen LogP contribution in [0.25, 0.3) is 0 Å². The predicted molar refractivity (Wildman–Crippen MR) is 298 cm³/mol. The molecule has 3 fully saturated rings. The molecule has 0 N–H and O–H groups in total. The number of carbonyl (C=O) groups excluding carboxylic acids is 1. The maximum Gasteiger partial charge on any atom is 0.508 e. The number of rotatable bonds is 25. The van der Waals surface area contributed by atoms with E-state index in [1.165, 1.54) is 0 Å². The smallest absolute Gasteiger partial charge is 0.430 e.